The number of hydrogen-bond donors (Lipinski definition) is 1. The van der Waals surface area contributed by atoms with Crippen LogP contribution >= 0.6 is 11.3 Å². The molecule has 3 rings (SSSR count). The van der Waals surface area contributed by atoms with Crippen LogP contribution in [-0.2, 0) is 6.42 Å². The van der Waals surface area contributed by atoms with Gasteiger partial charge in [0.1, 0.15) is 0 Å². The van der Waals surface area contributed by atoms with Gasteiger partial charge in [0.05, 0.1) is 5.01 Å². The Morgan fingerprint density at radius 1 is 1.21 bits per heavy atom. The highest BCUT2D eigenvalue weighted by molar-refractivity contribution is 7.09. The molecule has 5 heteroatoms. The van der Waals surface area contributed by atoms with E-state index in [2.05, 4.69) is 51.8 Å². The van der Waals surface area contributed by atoms with Crippen molar-refractivity contribution in [3.63, 3.8) is 0 Å². The van der Waals surface area contributed by atoms with Gasteiger partial charge in [0, 0.05) is 42.8 Å². The molecule has 4 nitrogen and oxygen atoms in total. The number of nitrogens with zero attached hydrogens (tertiary/aromatic N) is 3. The van der Waals surface area contributed by atoms with Crippen LogP contribution in [0.4, 0.5) is 5.69 Å². The Hall–Kier alpha value is -1.88. The quantitative estimate of drug-likeness (QED) is 0.499. The average molecular weight is 343 g/mol. The molecule has 128 valence electrons. The molecule has 0 aliphatic carbocycles. The van der Waals surface area contributed by atoms with Gasteiger partial charge in [0.25, 0.3) is 0 Å². The number of aromatic nitrogens is 1. The lowest BCUT2D eigenvalue weighted by Gasteiger charge is -2.30. The summed E-state index contributed by atoms with van der Waals surface area (Å²) in [6, 6.07) is 10.3. The number of thiazole rings is 1. The molecule has 24 heavy (non-hydrogen) atoms. The minimum Gasteiger partial charge on any atom is -0.343 e. The van der Waals surface area contributed by atoms with Crippen molar-refractivity contribution in [2.75, 3.05) is 25.0 Å². The monoisotopic (exact) mass is 342 g/mol. The number of para-hydroxylation sites is 1. The summed E-state index contributed by atoms with van der Waals surface area (Å²) < 4.78 is 0. The molecule has 0 atom stereocenters. The van der Waals surface area contributed by atoms with Gasteiger partial charge in [-0.2, -0.15) is 0 Å². The molecular formula is C19H26N4S. The lowest BCUT2D eigenvalue weighted by Crippen LogP contribution is -2.40. The summed E-state index contributed by atoms with van der Waals surface area (Å²) >= 11 is 1.75. The van der Waals surface area contributed by atoms with Gasteiger partial charge in [-0.1, -0.05) is 18.2 Å². The third-order valence-corrected chi connectivity index (χ3v) is 5.19. The largest absolute Gasteiger partial charge is 0.343 e. The molecular weight excluding hydrogens is 316 g/mol. The van der Waals surface area contributed by atoms with Crippen LogP contribution < -0.4 is 5.32 Å². The fraction of sp³-hybridized carbons (Fsp3) is 0.474. The van der Waals surface area contributed by atoms with Crippen LogP contribution in [0.1, 0.15) is 36.4 Å². The van der Waals surface area contributed by atoms with Crippen LogP contribution in [0.5, 0.6) is 0 Å². The van der Waals surface area contributed by atoms with E-state index in [0.717, 1.165) is 49.8 Å². The van der Waals surface area contributed by atoms with Gasteiger partial charge in [-0.3, -0.25) is 4.99 Å². The molecule has 0 saturated carbocycles. The highest BCUT2D eigenvalue weighted by Gasteiger charge is 2.14. The van der Waals surface area contributed by atoms with Crippen molar-refractivity contribution in [3.05, 3.63) is 46.4 Å². The highest BCUT2D eigenvalue weighted by Crippen LogP contribution is 2.14. The molecule has 1 aromatic heterocycles. The number of piperidine rings is 1. The van der Waals surface area contributed by atoms with E-state index in [0.29, 0.717) is 0 Å². The van der Waals surface area contributed by atoms with Crippen LogP contribution in [0, 0.1) is 6.92 Å². The predicted molar refractivity (Wildman–Crippen MR) is 103 cm³/mol. The Balaban J connectivity index is 1.59. The zero-order valence-electron chi connectivity index (χ0n) is 14.4. The summed E-state index contributed by atoms with van der Waals surface area (Å²) in [7, 11) is 0. The standard InChI is InChI=1S/C19H26N4S/c1-16-15-24-18(21-16)11-8-12-20-19(23-13-6-3-7-14-23)22-17-9-4-2-5-10-17/h2,4-5,9-10,15H,3,6-8,11-14H2,1H3,(H,20,22). The Morgan fingerprint density at radius 2 is 2.00 bits per heavy atom. The molecule has 0 bridgehead atoms. The van der Waals surface area contributed by atoms with Crippen molar-refractivity contribution in [3.8, 4) is 0 Å². The fourth-order valence-corrected chi connectivity index (χ4v) is 3.73. The van der Waals surface area contributed by atoms with E-state index in [1.807, 2.05) is 6.07 Å². The van der Waals surface area contributed by atoms with Crippen molar-refractivity contribution in [1.29, 1.82) is 0 Å². The van der Waals surface area contributed by atoms with Crippen LogP contribution in [0.3, 0.4) is 0 Å². The van der Waals surface area contributed by atoms with Crippen LogP contribution in [-0.4, -0.2) is 35.5 Å². The molecule has 1 saturated heterocycles. The van der Waals surface area contributed by atoms with Crippen molar-refractivity contribution in [2.24, 2.45) is 4.99 Å². The number of guanidine groups is 1. The summed E-state index contributed by atoms with van der Waals surface area (Å²) in [4.78, 5) is 11.8. The first-order valence-corrected chi connectivity index (χ1v) is 9.72. The molecule has 1 aliphatic heterocycles. The molecule has 1 aromatic carbocycles. The van der Waals surface area contributed by atoms with Gasteiger partial charge in [0.2, 0.25) is 0 Å². The lowest BCUT2D eigenvalue weighted by molar-refractivity contribution is 0.340. The van der Waals surface area contributed by atoms with Crippen molar-refractivity contribution in [2.45, 2.75) is 39.0 Å². The number of rotatable bonds is 5. The summed E-state index contributed by atoms with van der Waals surface area (Å²) in [6.07, 6.45) is 5.90. The molecule has 2 heterocycles. The van der Waals surface area contributed by atoms with E-state index >= 15 is 0 Å². The normalized spacial score (nSPS) is 15.5. The van der Waals surface area contributed by atoms with Gasteiger partial charge in [0.15, 0.2) is 5.96 Å². The van der Waals surface area contributed by atoms with Crippen LogP contribution in [0.2, 0.25) is 0 Å². The number of hydrogen-bond acceptors (Lipinski definition) is 3. The maximum atomic E-state index is 4.87. The van der Waals surface area contributed by atoms with Gasteiger partial charge in [-0.15, -0.1) is 11.3 Å². The number of nitrogens with one attached hydrogen (secondary N) is 1. The maximum absolute atomic E-state index is 4.87. The molecule has 2 aromatic rings. The van der Waals surface area contributed by atoms with Crippen LogP contribution in [0.25, 0.3) is 0 Å². The number of aryl methyl sites for hydroxylation is 2. The van der Waals surface area contributed by atoms with E-state index in [1.54, 1.807) is 11.3 Å². The predicted octanol–water partition coefficient (Wildman–Crippen LogP) is 4.34. The zero-order valence-corrected chi connectivity index (χ0v) is 15.2. The van der Waals surface area contributed by atoms with E-state index in [-0.39, 0.29) is 0 Å². The van der Waals surface area contributed by atoms with E-state index < -0.39 is 0 Å². The van der Waals surface area contributed by atoms with Crippen molar-refractivity contribution >= 4 is 23.0 Å². The SMILES string of the molecule is Cc1csc(CCCN=C(Nc2ccccc2)N2CCCCC2)n1. The molecule has 0 unspecified atom stereocenters. The molecule has 0 amide bonds. The average Bonchev–Trinajstić information content (AvgIpc) is 3.04. The number of benzene rings is 1. The topological polar surface area (TPSA) is 40.5 Å². The first kappa shape index (κ1) is 17.0. The summed E-state index contributed by atoms with van der Waals surface area (Å²) in [5.74, 6) is 1.02. The van der Waals surface area contributed by atoms with Crippen LogP contribution in [0.15, 0.2) is 40.7 Å². The number of anilines is 1. The van der Waals surface area contributed by atoms with Gasteiger partial charge in [-0.25, -0.2) is 4.98 Å². The number of likely N-dealkylation sites (tertiary alicyclic amines) is 1. The summed E-state index contributed by atoms with van der Waals surface area (Å²) in [5.41, 5.74) is 2.23. The van der Waals surface area contributed by atoms with Gasteiger partial charge < -0.3 is 10.2 Å². The van der Waals surface area contributed by atoms with E-state index in [1.165, 1.54) is 24.3 Å². The zero-order chi connectivity index (χ0) is 16.6. The molecule has 1 aliphatic rings. The first-order chi connectivity index (χ1) is 11.8. The highest BCUT2D eigenvalue weighted by atomic mass is 32.1. The maximum Gasteiger partial charge on any atom is 0.198 e. The summed E-state index contributed by atoms with van der Waals surface area (Å²) in [5, 5.41) is 6.85. The second-order valence-corrected chi connectivity index (χ2v) is 7.17. The van der Waals surface area contributed by atoms with E-state index in [4.69, 9.17) is 4.99 Å². The molecule has 1 N–H and O–H groups in total. The second-order valence-electron chi connectivity index (χ2n) is 6.23. The Bertz CT molecular complexity index is 644. The fourth-order valence-electron chi connectivity index (χ4n) is 2.91. The summed E-state index contributed by atoms with van der Waals surface area (Å²) in [6.45, 7) is 5.09. The second kappa shape index (κ2) is 8.83. The molecule has 1 fully saturated rings. The first-order valence-electron chi connectivity index (χ1n) is 8.84. The Labute approximate surface area is 148 Å². The Morgan fingerprint density at radius 3 is 2.71 bits per heavy atom. The van der Waals surface area contributed by atoms with Crippen molar-refractivity contribution < 1.29 is 0 Å². The van der Waals surface area contributed by atoms with Gasteiger partial charge >= 0.3 is 0 Å². The minimum atomic E-state index is 0.838. The minimum absolute atomic E-state index is 0.838. The number of aliphatic imine (C=N–C) groups is 1. The Kier molecular flexibility index (Phi) is 6.24. The smallest absolute Gasteiger partial charge is 0.198 e. The van der Waals surface area contributed by atoms with Crippen molar-refractivity contribution in [1.82, 2.24) is 9.88 Å². The third-order valence-electron chi connectivity index (χ3n) is 4.16. The third kappa shape index (κ3) is 5.06. The molecule has 0 radical (unpaired) electrons. The van der Waals surface area contributed by atoms with Gasteiger partial charge in [-0.05, 0) is 44.7 Å². The van der Waals surface area contributed by atoms with E-state index in [9.17, 15) is 0 Å². The molecule has 0 spiro atoms. The lowest BCUT2D eigenvalue weighted by atomic mass is 10.1.